The molecule has 120 valence electrons. The van der Waals surface area contributed by atoms with Crippen molar-refractivity contribution in [3.63, 3.8) is 0 Å². The fourth-order valence-electron chi connectivity index (χ4n) is 2.33. The second kappa shape index (κ2) is 6.77. The topological polar surface area (TPSA) is 68.6 Å². The summed E-state index contributed by atoms with van der Waals surface area (Å²) in [5.74, 6) is 1.52. The summed E-state index contributed by atoms with van der Waals surface area (Å²) < 4.78 is 17.1. The number of carbonyl (C=O) groups excluding carboxylic acids is 1. The normalized spacial score (nSPS) is 14.0. The van der Waals surface area contributed by atoms with Crippen LogP contribution in [0.25, 0.3) is 6.08 Å². The minimum absolute atomic E-state index is 0.0648. The Morgan fingerprint density at radius 3 is 2.88 bits per heavy atom. The van der Waals surface area contributed by atoms with Gasteiger partial charge in [0, 0.05) is 16.1 Å². The van der Waals surface area contributed by atoms with Gasteiger partial charge in [0.1, 0.15) is 23.3 Å². The zero-order valence-electron chi connectivity index (χ0n) is 12.7. The summed E-state index contributed by atoms with van der Waals surface area (Å²) in [5.41, 5.74) is 1.18. The second-order valence-electron chi connectivity index (χ2n) is 4.93. The average Bonchev–Trinajstić information content (AvgIpc) is 2.88. The van der Waals surface area contributed by atoms with Crippen LogP contribution in [0.5, 0.6) is 17.2 Å². The highest BCUT2D eigenvalue weighted by Crippen LogP contribution is 2.36. The molecule has 0 aliphatic carbocycles. The minimum Gasteiger partial charge on any atom is -0.496 e. The van der Waals surface area contributed by atoms with Crippen molar-refractivity contribution in [2.75, 3.05) is 13.7 Å². The van der Waals surface area contributed by atoms with Crippen LogP contribution in [0.3, 0.4) is 0 Å². The maximum Gasteiger partial charge on any atom is 0.231 e. The molecule has 24 heavy (non-hydrogen) atoms. The van der Waals surface area contributed by atoms with Crippen molar-refractivity contribution in [2.24, 2.45) is 0 Å². The molecule has 0 aromatic heterocycles. The van der Waals surface area contributed by atoms with Crippen LogP contribution >= 0.6 is 15.9 Å². The summed E-state index contributed by atoms with van der Waals surface area (Å²) in [6.07, 6.45) is 1.64. The molecule has 5 nitrogen and oxygen atoms in total. The molecule has 0 unspecified atom stereocenters. The van der Waals surface area contributed by atoms with Gasteiger partial charge < -0.3 is 14.2 Å². The molecule has 0 fully saturated rings. The summed E-state index contributed by atoms with van der Waals surface area (Å²) >= 11 is 3.40. The lowest BCUT2D eigenvalue weighted by atomic mass is 10.1. The quantitative estimate of drug-likeness (QED) is 0.744. The van der Waals surface area contributed by atoms with E-state index in [-0.39, 0.29) is 18.1 Å². The van der Waals surface area contributed by atoms with Gasteiger partial charge in [-0.1, -0.05) is 15.9 Å². The molecule has 0 amide bonds. The Morgan fingerprint density at radius 2 is 2.12 bits per heavy atom. The van der Waals surface area contributed by atoms with E-state index in [2.05, 4.69) is 15.9 Å². The smallest absolute Gasteiger partial charge is 0.231 e. The third kappa shape index (κ3) is 3.12. The maximum atomic E-state index is 12.5. The van der Waals surface area contributed by atoms with Crippen molar-refractivity contribution in [2.45, 2.75) is 0 Å². The predicted molar refractivity (Wildman–Crippen MR) is 91.2 cm³/mol. The molecular weight excluding hydrogens is 374 g/mol. The molecule has 0 spiro atoms. The van der Waals surface area contributed by atoms with Crippen molar-refractivity contribution in [1.82, 2.24) is 0 Å². The van der Waals surface area contributed by atoms with Gasteiger partial charge in [0.05, 0.1) is 12.7 Å². The van der Waals surface area contributed by atoms with E-state index in [1.54, 1.807) is 37.5 Å². The Bertz CT molecular complexity index is 883. The molecule has 1 aliphatic rings. The number of hydrogen-bond acceptors (Lipinski definition) is 5. The van der Waals surface area contributed by atoms with Gasteiger partial charge in [0.15, 0.2) is 12.4 Å². The molecule has 0 saturated heterocycles. The molecule has 6 heteroatoms. The van der Waals surface area contributed by atoms with E-state index in [0.717, 1.165) is 10.0 Å². The van der Waals surface area contributed by atoms with E-state index in [1.807, 2.05) is 18.2 Å². The predicted octanol–water partition coefficient (Wildman–Crippen LogP) is 3.98. The van der Waals surface area contributed by atoms with Crippen molar-refractivity contribution in [3.8, 4) is 23.3 Å². The van der Waals surface area contributed by atoms with Crippen LogP contribution < -0.4 is 14.2 Å². The van der Waals surface area contributed by atoms with Gasteiger partial charge >= 0.3 is 0 Å². The molecule has 2 aromatic carbocycles. The third-order valence-electron chi connectivity index (χ3n) is 3.42. The molecule has 0 atom stereocenters. The van der Waals surface area contributed by atoms with Crippen molar-refractivity contribution >= 4 is 27.8 Å². The molecule has 2 aromatic rings. The SMILES string of the molecule is COc1ccc(Br)cc1C=C1Oc2cc(OCC#N)ccc2C1=O. The first-order valence-corrected chi connectivity index (χ1v) is 7.83. The van der Waals surface area contributed by atoms with Crippen LogP contribution in [-0.4, -0.2) is 19.5 Å². The van der Waals surface area contributed by atoms with Crippen molar-refractivity contribution in [3.05, 3.63) is 57.8 Å². The van der Waals surface area contributed by atoms with E-state index in [9.17, 15) is 4.79 Å². The number of ketones is 1. The molecule has 3 rings (SSSR count). The standard InChI is InChI=1S/C18H12BrNO4/c1-22-15-5-2-12(19)8-11(15)9-17-18(21)14-4-3-13(23-7-6-20)10-16(14)24-17/h2-5,8-10H,7H2,1H3. The van der Waals surface area contributed by atoms with Gasteiger partial charge in [-0.05, 0) is 36.4 Å². The number of hydrogen-bond donors (Lipinski definition) is 0. The number of benzene rings is 2. The Kier molecular flexibility index (Phi) is 4.54. The number of rotatable bonds is 4. The summed E-state index contributed by atoms with van der Waals surface area (Å²) in [7, 11) is 1.57. The van der Waals surface area contributed by atoms with Gasteiger partial charge in [-0.15, -0.1) is 0 Å². The highest BCUT2D eigenvalue weighted by atomic mass is 79.9. The first kappa shape index (κ1) is 16.1. The number of nitrogens with zero attached hydrogens (tertiary/aromatic N) is 1. The minimum atomic E-state index is -0.209. The van der Waals surface area contributed by atoms with E-state index >= 15 is 0 Å². The highest BCUT2D eigenvalue weighted by molar-refractivity contribution is 9.10. The Balaban J connectivity index is 1.93. The fourth-order valence-corrected chi connectivity index (χ4v) is 2.71. The number of methoxy groups -OCH3 is 1. The molecule has 1 heterocycles. The van der Waals surface area contributed by atoms with E-state index in [1.165, 1.54) is 0 Å². The van der Waals surface area contributed by atoms with E-state index in [4.69, 9.17) is 19.5 Å². The number of fused-ring (bicyclic) bond motifs is 1. The lowest BCUT2D eigenvalue weighted by Gasteiger charge is -2.06. The van der Waals surface area contributed by atoms with Crippen LogP contribution in [0.2, 0.25) is 0 Å². The average molecular weight is 386 g/mol. The van der Waals surface area contributed by atoms with Crippen LogP contribution in [0.1, 0.15) is 15.9 Å². The van der Waals surface area contributed by atoms with Gasteiger partial charge in [-0.2, -0.15) is 5.26 Å². The number of nitriles is 1. The molecule has 0 radical (unpaired) electrons. The van der Waals surface area contributed by atoms with Gasteiger partial charge in [-0.3, -0.25) is 4.79 Å². The lowest BCUT2D eigenvalue weighted by Crippen LogP contribution is -1.98. The summed E-state index contributed by atoms with van der Waals surface area (Å²) in [4.78, 5) is 12.5. The summed E-state index contributed by atoms with van der Waals surface area (Å²) in [6.45, 7) is -0.0648. The number of allylic oxidation sites excluding steroid dienone is 1. The fraction of sp³-hybridized carbons (Fsp3) is 0.111. The molecule has 0 N–H and O–H groups in total. The van der Waals surface area contributed by atoms with Crippen LogP contribution in [0.15, 0.2) is 46.6 Å². The number of halogens is 1. The van der Waals surface area contributed by atoms with Gasteiger partial charge in [0.2, 0.25) is 5.78 Å². The van der Waals surface area contributed by atoms with Gasteiger partial charge in [-0.25, -0.2) is 0 Å². The van der Waals surface area contributed by atoms with Crippen LogP contribution in [-0.2, 0) is 0 Å². The zero-order chi connectivity index (χ0) is 17.1. The van der Waals surface area contributed by atoms with Crippen molar-refractivity contribution in [1.29, 1.82) is 5.26 Å². The number of Topliss-reactive ketones (excluding diaryl/α,β-unsaturated/α-hetero) is 1. The maximum absolute atomic E-state index is 12.5. The first-order chi connectivity index (χ1) is 11.6. The van der Waals surface area contributed by atoms with Crippen LogP contribution in [0, 0.1) is 11.3 Å². The lowest BCUT2D eigenvalue weighted by molar-refractivity contribution is 0.101. The zero-order valence-corrected chi connectivity index (χ0v) is 14.3. The molecule has 0 bridgehead atoms. The number of ether oxygens (including phenoxy) is 3. The summed E-state index contributed by atoms with van der Waals surface area (Å²) in [5, 5.41) is 8.56. The Labute approximate surface area is 147 Å². The molecular formula is C18H12BrNO4. The number of carbonyl (C=O) groups is 1. The Hall–Kier alpha value is -2.78. The molecule has 0 saturated carbocycles. The van der Waals surface area contributed by atoms with E-state index in [0.29, 0.717) is 22.8 Å². The largest absolute Gasteiger partial charge is 0.496 e. The second-order valence-corrected chi connectivity index (χ2v) is 5.85. The first-order valence-electron chi connectivity index (χ1n) is 7.04. The Morgan fingerprint density at radius 1 is 1.29 bits per heavy atom. The van der Waals surface area contributed by atoms with E-state index < -0.39 is 0 Å². The van der Waals surface area contributed by atoms with Gasteiger partial charge in [0.25, 0.3) is 0 Å². The summed E-state index contributed by atoms with van der Waals surface area (Å²) in [6, 6.07) is 12.3. The monoisotopic (exact) mass is 385 g/mol. The van der Waals surface area contributed by atoms with Crippen LogP contribution in [0.4, 0.5) is 0 Å². The third-order valence-corrected chi connectivity index (χ3v) is 3.92. The van der Waals surface area contributed by atoms with Crippen molar-refractivity contribution < 1.29 is 19.0 Å². The highest BCUT2D eigenvalue weighted by Gasteiger charge is 2.28. The molecule has 1 aliphatic heterocycles.